The van der Waals surface area contributed by atoms with Gasteiger partial charge in [-0.3, -0.25) is 10.1 Å². The Bertz CT molecular complexity index is 731. The van der Waals surface area contributed by atoms with Crippen LogP contribution in [-0.4, -0.2) is 36.3 Å². The van der Waals surface area contributed by atoms with E-state index in [1.807, 2.05) is 30.3 Å². The predicted octanol–water partition coefficient (Wildman–Crippen LogP) is 2.74. The zero-order chi connectivity index (χ0) is 17.6. The van der Waals surface area contributed by atoms with Gasteiger partial charge in [-0.15, -0.1) is 0 Å². The molecule has 1 saturated heterocycles. The number of nitro groups is 1. The highest BCUT2D eigenvalue weighted by Crippen LogP contribution is 2.23. The van der Waals surface area contributed by atoms with E-state index in [-0.39, 0.29) is 30.1 Å². The lowest BCUT2D eigenvalue weighted by atomic mass is 10.2. The number of non-ortho nitro benzene ring substituents is 1. The average molecular weight is 343 g/mol. The Balaban J connectivity index is 1.35. The summed E-state index contributed by atoms with van der Waals surface area (Å²) in [6.07, 6.45) is -0.244. The van der Waals surface area contributed by atoms with Gasteiger partial charge in [0.2, 0.25) is 0 Å². The summed E-state index contributed by atoms with van der Waals surface area (Å²) < 4.78 is 16.1. The number of hydrogen-bond donors (Lipinski definition) is 0. The van der Waals surface area contributed by atoms with Crippen LogP contribution in [-0.2, 0) is 20.8 Å². The summed E-state index contributed by atoms with van der Waals surface area (Å²) in [7, 11) is 0. The van der Waals surface area contributed by atoms with Crippen LogP contribution in [0.1, 0.15) is 15.9 Å². The number of hydrogen-bond acceptors (Lipinski definition) is 6. The molecule has 0 spiro atoms. The molecule has 0 bridgehead atoms. The van der Waals surface area contributed by atoms with Gasteiger partial charge in [-0.1, -0.05) is 30.3 Å². The number of nitrogens with zero attached hydrogens (tertiary/aromatic N) is 1. The molecule has 1 fully saturated rings. The summed E-state index contributed by atoms with van der Waals surface area (Å²) in [5.74, 6) is -0.533. The molecule has 2 atom stereocenters. The first-order chi connectivity index (χ1) is 12.1. The molecule has 7 heteroatoms. The maximum Gasteiger partial charge on any atom is 0.338 e. The van der Waals surface area contributed by atoms with Gasteiger partial charge >= 0.3 is 5.97 Å². The number of ether oxygens (including phenoxy) is 3. The van der Waals surface area contributed by atoms with Crippen molar-refractivity contribution >= 4 is 11.7 Å². The highest BCUT2D eigenvalue weighted by atomic mass is 16.6. The molecule has 0 aliphatic carbocycles. The lowest BCUT2D eigenvalue weighted by Crippen LogP contribution is -2.13. The van der Waals surface area contributed by atoms with Gasteiger partial charge in [0.15, 0.2) is 0 Å². The molecule has 0 radical (unpaired) electrons. The van der Waals surface area contributed by atoms with Gasteiger partial charge in [-0.2, -0.15) is 0 Å². The van der Waals surface area contributed by atoms with Crippen LogP contribution in [0.3, 0.4) is 0 Å². The largest absolute Gasteiger partial charge is 0.459 e. The van der Waals surface area contributed by atoms with Crippen molar-refractivity contribution in [3.63, 3.8) is 0 Å². The fraction of sp³-hybridized carbons (Fsp3) is 0.278. The molecule has 0 amide bonds. The molecule has 0 unspecified atom stereocenters. The fourth-order valence-corrected chi connectivity index (χ4v) is 2.30. The SMILES string of the molecule is O=C(OC[C@H]1O[C@@H]1COCc1ccccc1)c1ccc([N+](=O)[O-])cc1. The predicted molar refractivity (Wildman–Crippen MR) is 88.1 cm³/mol. The average Bonchev–Trinajstić information content (AvgIpc) is 3.39. The summed E-state index contributed by atoms with van der Waals surface area (Å²) >= 11 is 0. The monoisotopic (exact) mass is 343 g/mol. The highest BCUT2D eigenvalue weighted by Gasteiger charge is 2.40. The first kappa shape index (κ1) is 17.1. The minimum Gasteiger partial charge on any atom is -0.459 e. The number of rotatable bonds is 8. The van der Waals surface area contributed by atoms with Crippen molar-refractivity contribution in [1.82, 2.24) is 0 Å². The molecule has 25 heavy (non-hydrogen) atoms. The molecular formula is C18H17NO6. The highest BCUT2D eigenvalue weighted by molar-refractivity contribution is 5.89. The Morgan fingerprint density at radius 3 is 2.40 bits per heavy atom. The minimum atomic E-state index is -0.533. The summed E-state index contributed by atoms with van der Waals surface area (Å²) in [6.45, 7) is 1.08. The van der Waals surface area contributed by atoms with Crippen LogP contribution in [0.15, 0.2) is 54.6 Å². The van der Waals surface area contributed by atoms with Crippen LogP contribution in [0.5, 0.6) is 0 Å². The maximum absolute atomic E-state index is 11.9. The van der Waals surface area contributed by atoms with Gasteiger partial charge in [0, 0.05) is 12.1 Å². The third-order valence-corrected chi connectivity index (χ3v) is 3.77. The molecule has 2 aromatic carbocycles. The van der Waals surface area contributed by atoms with Gasteiger partial charge in [-0.25, -0.2) is 4.79 Å². The Hall–Kier alpha value is -2.77. The topological polar surface area (TPSA) is 91.2 Å². The van der Waals surface area contributed by atoms with E-state index in [4.69, 9.17) is 14.2 Å². The van der Waals surface area contributed by atoms with Gasteiger partial charge in [0.1, 0.15) is 18.8 Å². The second-order valence-corrected chi connectivity index (χ2v) is 5.62. The van der Waals surface area contributed by atoms with Crippen LogP contribution < -0.4 is 0 Å². The zero-order valence-corrected chi connectivity index (χ0v) is 13.4. The normalized spacial score (nSPS) is 18.6. The molecule has 0 N–H and O–H groups in total. The number of epoxide rings is 1. The first-order valence-electron chi connectivity index (χ1n) is 7.82. The summed E-state index contributed by atoms with van der Waals surface area (Å²) in [6, 6.07) is 15.1. The molecule has 0 saturated carbocycles. The molecule has 1 aliphatic heterocycles. The van der Waals surface area contributed by atoms with E-state index in [0.29, 0.717) is 13.2 Å². The molecule has 0 aromatic heterocycles. The lowest BCUT2D eigenvalue weighted by molar-refractivity contribution is -0.384. The van der Waals surface area contributed by atoms with E-state index in [0.717, 1.165) is 5.56 Å². The third kappa shape index (κ3) is 4.85. The van der Waals surface area contributed by atoms with E-state index in [2.05, 4.69) is 0 Å². The van der Waals surface area contributed by atoms with Gasteiger partial charge < -0.3 is 14.2 Å². The first-order valence-corrected chi connectivity index (χ1v) is 7.82. The van der Waals surface area contributed by atoms with Gasteiger partial charge in [-0.05, 0) is 17.7 Å². The van der Waals surface area contributed by atoms with E-state index >= 15 is 0 Å². The summed E-state index contributed by atoms with van der Waals surface area (Å²) in [5, 5.41) is 10.6. The number of esters is 1. The third-order valence-electron chi connectivity index (χ3n) is 3.77. The molecule has 1 heterocycles. The van der Waals surface area contributed by atoms with Crippen molar-refractivity contribution in [1.29, 1.82) is 0 Å². The minimum absolute atomic E-state index is 0.0716. The summed E-state index contributed by atoms with van der Waals surface area (Å²) in [4.78, 5) is 21.9. The van der Waals surface area contributed by atoms with Gasteiger partial charge in [0.05, 0.1) is 23.7 Å². The molecule has 3 rings (SSSR count). The van der Waals surface area contributed by atoms with E-state index in [1.165, 1.54) is 24.3 Å². The molecule has 2 aromatic rings. The van der Waals surface area contributed by atoms with Crippen LogP contribution in [0.4, 0.5) is 5.69 Å². The van der Waals surface area contributed by atoms with Crippen LogP contribution in [0.25, 0.3) is 0 Å². The standard InChI is InChI=1S/C18H17NO6/c20-18(14-6-8-15(9-7-14)19(21)22)24-12-17-16(25-17)11-23-10-13-4-2-1-3-5-13/h1-9,16-17H,10-12H2/t16-,17-/m1/s1. The Morgan fingerprint density at radius 1 is 1.04 bits per heavy atom. The Morgan fingerprint density at radius 2 is 1.72 bits per heavy atom. The van der Waals surface area contributed by atoms with E-state index in [9.17, 15) is 14.9 Å². The van der Waals surface area contributed by atoms with E-state index in [1.54, 1.807) is 0 Å². The van der Waals surface area contributed by atoms with Gasteiger partial charge in [0.25, 0.3) is 5.69 Å². The number of carbonyl (C=O) groups is 1. The van der Waals surface area contributed by atoms with Crippen molar-refractivity contribution in [3.8, 4) is 0 Å². The van der Waals surface area contributed by atoms with Crippen molar-refractivity contribution in [2.45, 2.75) is 18.8 Å². The van der Waals surface area contributed by atoms with E-state index < -0.39 is 10.9 Å². The number of benzene rings is 2. The van der Waals surface area contributed by atoms with Crippen molar-refractivity contribution in [2.75, 3.05) is 13.2 Å². The molecule has 7 nitrogen and oxygen atoms in total. The quantitative estimate of drug-likeness (QED) is 0.317. The van der Waals surface area contributed by atoms with Crippen molar-refractivity contribution in [2.24, 2.45) is 0 Å². The fourth-order valence-electron chi connectivity index (χ4n) is 2.30. The lowest BCUT2D eigenvalue weighted by Gasteiger charge is -2.03. The number of nitro benzene ring substituents is 1. The summed E-state index contributed by atoms with van der Waals surface area (Å²) in [5.41, 5.74) is 1.28. The smallest absolute Gasteiger partial charge is 0.338 e. The van der Waals surface area contributed by atoms with Crippen molar-refractivity contribution in [3.05, 3.63) is 75.8 Å². The van der Waals surface area contributed by atoms with Crippen molar-refractivity contribution < 1.29 is 23.9 Å². The molecular weight excluding hydrogens is 326 g/mol. The Labute approximate surface area is 144 Å². The number of carbonyl (C=O) groups excluding carboxylic acids is 1. The van der Waals surface area contributed by atoms with Crippen LogP contribution in [0.2, 0.25) is 0 Å². The van der Waals surface area contributed by atoms with Crippen LogP contribution in [0, 0.1) is 10.1 Å². The Kier molecular flexibility index (Phi) is 5.37. The van der Waals surface area contributed by atoms with Crippen LogP contribution >= 0.6 is 0 Å². The molecule has 130 valence electrons. The second kappa shape index (κ2) is 7.87. The second-order valence-electron chi connectivity index (χ2n) is 5.62. The zero-order valence-electron chi connectivity index (χ0n) is 13.4. The molecule has 1 aliphatic rings. The maximum atomic E-state index is 11.9.